The Bertz CT molecular complexity index is 460. The molecule has 0 aliphatic rings. The van der Waals surface area contributed by atoms with Gasteiger partial charge in [0.1, 0.15) is 5.82 Å². The number of imidazole rings is 1. The molecule has 0 radical (unpaired) electrons. The zero-order valence-corrected chi connectivity index (χ0v) is 9.12. The summed E-state index contributed by atoms with van der Waals surface area (Å²) in [5, 5.41) is 9.20. The van der Waals surface area contributed by atoms with Gasteiger partial charge in [0.25, 0.3) is 0 Å². The first-order valence-electron chi connectivity index (χ1n) is 5.29. The Kier molecular flexibility index (Phi) is 2.73. The Labute approximate surface area is 89.2 Å². The van der Waals surface area contributed by atoms with Gasteiger partial charge in [0.05, 0.1) is 17.1 Å². The Morgan fingerprint density at radius 3 is 2.93 bits per heavy atom. The molecule has 1 aromatic heterocycles. The molecule has 0 spiro atoms. The van der Waals surface area contributed by atoms with Crippen LogP contribution in [0.15, 0.2) is 18.2 Å². The van der Waals surface area contributed by atoms with Crippen molar-refractivity contribution in [2.45, 2.75) is 32.8 Å². The van der Waals surface area contributed by atoms with E-state index >= 15 is 0 Å². The molecule has 0 aliphatic carbocycles. The van der Waals surface area contributed by atoms with Gasteiger partial charge in [-0.3, -0.25) is 0 Å². The third-order valence-corrected chi connectivity index (χ3v) is 2.56. The van der Waals surface area contributed by atoms with Crippen molar-refractivity contribution < 1.29 is 5.11 Å². The second kappa shape index (κ2) is 4.03. The van der Waals surface area contributed by atoms with Crippen molar-refractivity contribution in [1.82, 2.24) is 9.97 Å². The van der Waals surface area contributed by atoms with Crippen LogP contribution in [0.1, 0.15) is 24.7 Å². The summed E-state index contributed by atoms with van der Waals surface area (Å²) in [6, 6.07) is 6.11. The summed E-state index contributed by atoms with van der Waals surface area (Å²) in [6.07, 6.45) is 1.28. The van der Waals surface area contributed by atoms with E-state index in [0.717, 1.165) is 29.7 Å². The van der Waals surface area contributed by atoms with Crippen LogP contribution in [0.5, 0.6) is 0 Å². The SMILES string of the molecule is Cc1cccc2[nH]c(CCC(C)O)nc12. The number of H-pyrrole nitrogens is 1. The van der Waals surface area contributed by atoms with Crippen molar-refractivity contribution in [2.75, 3.05) is 0 Å². The number of para-hydroxylation sites is 1. The molecule has 2 rings (SSSR count). The fraction of sp³-hybridized carbons (Fsp3) is 0.417. The van der Waals surface area contributed by atoms with E-state index in [-0.39, 0.29) is 6.10 Å². The maximum absolute atomic E-state index is 9.20. The van der Waals surface area contributed by atoms with Gasteiger partial charge in [0, 0.05) is 6.42 Å². The normalized spacial score (nSPS) is 13.3. The van der Waals surface area contributed by atoms with Crippen molar-refractivity contribution in [3.63, 3.8) is 0 Å². The van der Waals surface area contributed by atoms with E-state index in [9.17, 15) is 5.11 Å². The first-order chi connectivity index (χ1) is 7.16. The molecule has 0 amide bonds. The van der Waals surface area contributed by atoms with E-state index in [2.05, 4.69) is 23.0 Å². The first kappa shape index (κ1) is 10.2. The van der Waals surface area contributed by atoms with Gasteiger partial charge in [0.15, 0.2) is 0 Å². The van der Waals surface area contributed by atoms with E-state index in [1.165, 1.54) is 5.56 Å². The van der Waals surface area contributed by atoms with Gasteiger partial charge in [-0.05, 0) is 31.9 Å². The van der Waals surface area contributed by atoms with Crippen LogP contribution in [-0.2, 0) is 6.42 Å². The van der Waals surface area contributed by atoms with Crippen molar-refractivity contribution in [3.05, 3.63) is 29.6 Å². The molecule has 0 saturated carbocycles. The minimum Gasteiger partial charge on any atom is -0.393 e. The quantitative estimate of drug-likeness (QED) is 0.805. The lowest BCUT2D eigenvalue weighted by atomic mass is 10.2. The lowest BCUT2D eigenvalue weighted by molar-refractivity contribution is 0.184. The minimum absolute atomic E-state index is 0.265. The highest BCUT2D eigenvalue weighted by atomic mass is 16.3. The molecule has 3 heteroatoms. The smallest absolute Gasteiger partial charge is 0.107 e. The lowest BCUT2D eigenvalue weighted by Crippen LogP contribution is -2.02. The Morgan fingerprint density at radius 2 is 2.27 bits per heavy atom. The van der Waals surface area contributed by atoms with Crippen molar-refractivity contribution >= 4 is 11.0 Å². The monoisotopic (exact) mass is 204 g/mol. The number of aryl methyl sites for hydroxylation is 2. The van der Waals surface area contributed by atoms with Crippen LogP contribution in [0, 0.1) is 6.92 Å². The molecule has 2 N–H and O–H groups in total. The number of hydrogen-bond donors (Lipinski definition) is 2. The van der Waals surface area contributed by atoms with Gasteiger partial charge in [-0.25, -0.2) is 4.98 Å². The zero-order chi connectivity index (χ0) is 10.8. The van der Waals surface area contributed by atoms with Crippen LogP contribution >= 0.6 is 0 Å². The van der Waals surface area contributed by atoms with Crippen LogP contribution in [0.25, 0.3) is 11.0 Å². The van der Waals surface area contributed by atoms with Gasteiger partial charge in [-0.1, -0.05) is 12.1 Å². The number of nitrogens with zero attached hydrogens (tertiary/aromatic N) is 1. The van der Waals surface area contributed by atoms with E-state index in [1.807, 2.05) is 12.1 Å². The number of aromatic nitrogens is 2. The molecule has 2 aromatic rings. The van der Waals surface area contributed by atoms with Gasteiger partial charge in [0.2, 0.25) is 0 Å². The second-order valence-electron chi connectivity index (χ2n) is 4.04. The maximum atomic E-state index is 9.20. The first-order valence-corrected chi connectivity index (χ1v) is 5.29. The molecular formula is C12H16N2O. The van der Waals surface area contributed by atoms with Gasteiger partial charge in [-0.15, -0.1) is 0 Å². The van der Waals surface area contributed by atoms with Crippen molar-refractivity contribution in [3.8, 4) is 0 Å². The number of hydrogen-bond acceptors (Lipinski definition) is 2. The molecule has 15 heavy (non-hydrogen) atoms. The predicted octanol–water partition coefficient (Wildman–Crippen LogP) is 2.18. The summed E-state index contributed by atoms with van der Waals surface area (Å²) in [6.45, 7) is 3.86. The number of benzene rings is 1. The molecule has 0 fully saturated rings. The molecule has 0 aliphatic heterocycles. The average molecular weight is 204 g/mol. The highest BCUT2D eigenvalue weighted by Gasteiger charge is 2.05. The largest absolute Gasteiger partial charge is 0.393 e. The summed E-state index contributed by atoms with van der Waals surface area (Å²) in [4.78, 5) is 7.79. The second-order valence-corrected chi connectivity index (χ2v) is 4.04. The van der Waals surface area contributed by atoms with E-state index in [0.29, 0.717) is 0 Å². The van der Waals surface area contributed by atoms with Gasteiger partial charge >= 0.3 is 0 Å². The number of aliphatic hydroxyl groups is 1. The summed E-state index contributed by atoms with van der Waals surface area (Å²) >= 11 is 0. The van der Waals surface area contributed by atoms with Crippen LogP contribution in [-0.4, -0.2) is 21.2 Å². The number of rotatable bonds is 3. The molecule has 0 saturated heterocycles. The standard InChI is InChI=1S/C12H16N2O/c1-8-4-3-5-10-12(8)14-11(13-10)7-6-9(2)15/h3-5,9,15H,6-7H2,1-2H3,(H,13,14). The number of nitrogens with one attached hydrogen (secondary N) is 1. The average Bonchev–Trinajstić information content (AvgIpc) is 2.59. The van der Waals surface area contributed by atoms with E-state index in [1.54, 1.807) is 6.92 Å². The highest BCUT2D eigenvalue weighted by Crippen LogP contribution is 2.16. The molecule has 1 atom stereocenters. The third kappa shape index (κ3) is 2.18. The van der Waals surface area contributed by atoms with Crippen LogP contribution in [0.3, 0.4) is 0 Å². The number of fused-ring (bicyclic) bond motifs is 1. The molecule has 1 heterocycles. The van der Waals surface area contributed by atoms with Gasteiger partial charge in [-0.2, -0.15) is 0 Å². The molecular weight excluding hydrogens is 188 g/mol. The van der Waals surface area contributed by atoms with Gasteiger partial charge < -0.3 is 10.1 Å². The summed E-state index contributed by atoms with van der Waals surface area (Å²) in [5.74, 6) is 0.959. The van der Waals surface area contributed by atoms with Crippen molar-refractivity contribution in [1.29, 1.82) is 0 Å². The fourth-order valence-corrected chi connectivity index (χ4v) is 1.69. The fourth-order valence-electron chi connectivity index (χ4n) is 1.69. The maximum Gasteiger partial charge on any atom is 0.107 e. The summed E-state index contributed by atoms with van der Waals surface area (Å²) in [5.41, 5.74) is 3.31. The Balaban J connectivity index is 2.27. The molecule has 3 nitrogen and oxygen atoms in total. The zero-order valence-electron chi connectivity index (χ0n) is 9.12. The van der Waals surface area contributed by atoms with Crippen molar-refractivity contribution in [2.24, 2.45) is 0 Å². The Morgan fingerprint density at radius 1 is 1.47 bits per heavy atom. The van der Waals surface area contributed by atoms with Crippen LogP contribution in [0.2, 0.25) is 0 Å². The molecule has 1 unspecified atom stereocenters. The van der Waals surface area contributed by atoms with E-state index in [4.69, 9.17) is 0 Å². The topological polar surface area (TPSA) is 48.9 Å². The van der Waals surface area contributed by atoms with Crippen LogP contribution in [0.4, 0.5) is 0 Å². The minimum atomic E-state index is -0.265. The van der Waals surface area contributed by atoms with E-state index < -0.39 is 0 Å². The summed E-state index contributed by atoms with van der Waals surface area (Å²) in [7, 11) is 0. The number of aliphatic hydroxyl groups excluding tert-OH is 1. The predicted molar refractivity (Wildman–Crippen MR) is 60.8 cm³/mol. The molecule has 80 valence electrons. The summed E-state index contributed by atoms with van der Waals surface area (Å²) < 4.78 is 0. The van der Waals surface area contributed by atoms with Crippen LogP contribution < -0.4 is 0 Å². The number of aromatic amines is 1. The molecule has 0 bridgehead atoms. The lowest BCUT2D eigenvalue weighted by Gasteiger charge is -1.99. The highest BCUT2D eigenvalue weighted by molar-refractivity contribution is 5.78. The Hall–Kier alpha value is -1.35. The third-order valence-electron chi connectivity index (χ3n) is 2.56. The molecule has 1 aromatic carbocycles.